The highest BCUT2D eigenvalue weighted by Crippen LogP contribution is 1.93. The van der Waals surface area contributed by atoms with Gasteiger partial charge in [-0.1, -0.05) is 11.2 Å². The third-order valence-electron chi connectivity index (χ3n) is 0.795. The maximum Gasteiger partial charge on any atom is 0.205 e. The Bertz CT molecular complexity index is 155. The summed E-state index contributed by atoms with van der Waals surface area (Å²) in [5.41, 5.74) is 0.875. The van der Waals surface area contributed by atoms with Crippen molar-refractivity contribution in [3.8, 4) is 0 Å². The fourth-order valence-electron chi connectivity index (χ4n) is 0.450. The highest BCUT2D eigenvalue weighted by Gasteiger charge is 1.89. The Balaban J connectivity index is 2.62. The van der Waals surface area contributed by atoms with Crippen LogP contribution in [-0.4, -0.2) is 5.16 Å². The van der Waals surface area contributed by atoms with Gasteiger partial charge in [-0.15, -0.1) is 6.58 Å². The molecule has 1 rings (SSSR count). The van der Waals surface area contributed by atoms with Crippen molar-refractivity contribution in [1.82, 2.24) is 5.16 Å². The smallest absolute Gasteiger partial charge is 0.205 e. The molecule has 0 bridgehead atoms. The molecule has 1 aromatic rings. The lowest BCUT2D eigenvalue weighted by molar-refractivity contribution is 0.407. The second kappa shape index (κ2) is 2.31. The van der Waals surface area contributed by atoms with Crippen molar-refractivity contribution in [2.45, 2.75) is 6.42 Å². The van der Waals surface area contributed by atoms with Gasteiger partial charge in [0.25, 0.3) is 0 Å². The van der Waals surface area contributed by atoms with E-state index in [0.717, 1.165) is 12.1 Å². The summed E-state index contributed by atoms with van der Waals surface area (Å²) in [5.74, 6) is 0. The molecule has 1 radical (unpaired) electrons. The summed E-state index contributed by atoms with van der Waals surface area (Å²) in [6.45, 7) is 3.54. The number of rotatable bonds is 2. The molecule has 0 aliphatic heterocycles. The van der Waals surface area contributed by atoms with Gasteiger partial charge in [-0.25, -0.2) is 0 Å². The van der Waals surface area contributed by atoms with Crippen LogP contribution in [0.3, 0.4) is 0 Å². The molecular weight excluding hydrogens is 102 g/mol. The first-order valence-electron chi connectivity index (χ1n) is 2.36. The maximum absolute atomic E-state index is 4.44. The Hall–Kier alpha value is -1.05. The zero-order chi connectivity index (χ0) is 5.82. The molecule has 41 valence electrons. The van der Waals surface area contributed by atoms with E-state index in [2.05, 4.69) is 22.5 Å². The van der Waals surface area contributed by atoms with E-state index >= 15 is 0 Å². The van der Waals surface area contributed by atoms with Gasteiger partial charge in [0.2, 0.25) is 6.26 Å². The lowest BCUT2D eigenvalue weighted by Gasteiger charge is -1.77. The molecule has 0 aromatic carbocycles. The molecule has 0 spiro atoms. The second-order valence-electron chi connectivity index (χ2n) is 1.43. The molecule has 0 unspecified atom stereocenters. The van der Waals surface area contributed by atoms with Gasteiger partial charge in [0.05, 0.1) is 5.69 Å². The summed E-state index contributed by atoms with van der Waals surface area (Å²) >= 11 is 0. The molecule has 0 N–H and O–H groups in total. The Labute approximate surface area is 47.8 Å². The van der Waals surface area contributed by atoms with E-state index in [1.807, 2.05) is 0 Å². The summed E-state index contributed by atoms with van der Waals surface area (Å²) < 4.78 is 4.44. The lowest BCUT2D eigenvalue weighted by atomic mass is 10.3. The van der Waals surface area contributed by atoms with Crippen LogP contribution in [0.4, 0.5) is 0 Å². The van der Waals surface area contributed by atoms with Gasteiger partial charge in [-0.2, -0.15) is 0 Å². The average Bonchev–Trinajstić information content (AvgIpc) is 2.19. The zero-order valence-electron chi connectivity index (χ0n) is 4.42. The molecule has 0 fully saturated rings. The summed E-state index contributed by atoms with van der Waals surface area (Å²) in [6, 6.07) is 1.70. The van der Waals surface area contributed by atoms with E-state index < -0.39 is 0 Å². The number of allylic oxidation sites excluding steroid dienone is 1. The van der Waals surface area contributed by atoms with E-state index in [-0.39, 0.29) is 0 Å². The molecule has 0 saturated heterocycles. The van der Waals surface area contributed by atoms with E-state index in [4.69, 9.17) is 0 Å². The quantitative estimate of drug-likeness (QED) is 0.532. The SMILES string of the molecule is C=CCc1c[c]on1. The van der Waals surface area contributed by atoms with Crippen LogP contribution in [0.2, 0.25) is 0 Å². The van der Waals surface area contributed by atoms with E-state index in [1.54, 1.807) is 12.1 Å². The predicted molar refractivity (Wildman–Crippen MR) is 29.2 cm³/mol. The van der Waals surface area contributed by atoms with Crippen molar-refractivity contribution in [1.29, 1.82) is 0 Å². The van der Waals surface area contributed by atoms with Gasteiger partial charge in [0.1, 0.15) is 0 Å². The van der Waals surface area contributed by atoms with Crippen LogP contribution in [0.5, 0.6) is 0 Å². The van der Waals surface area contributed by atoms with Gasteiger partial charge in [-0.3, -0.25) is 0 Å². The summed E-state index contributed by atoms with van der Waals surface area (Å²) in [4.78, 5) is 0. The van der Waals surface area contributed by atoms with Crippen LogP contribution in [0.15, 0.2) is 23.2 Å². The molecular formula is C6H6NO. The molecule has 0 atom stereocenters. The lowest BCUT2D eigenvalue weighted by Crippen LogP contribution is -1.75. The van der Waals surface area contributed by atoms with E-state index in [9.17, 15) is 0 Å². The number of nitrogens with zero attached hydrogens (tertiary/aromatic N) is 1. The van der Waals surface area contributed by atoms with Crippen molar-refractivity contribution in [3.63, 3.8) is 0 Å². The van der Waals surface area contributed by atoms with Gasteiger partial charge in [0, 0.05) is 12.5 Å². The van der Waals surface area contributed by atoms with Gasteiger partial charge >= 0.3 is 0 Å². The molecule has 1 aromatic heterocycles. The number of hydrogen-bond donors (Lipinski definition) is 0. The molecule has 0 amide bonds. The molecule has 1 heterocycles. The predicted octanol–water partition coefficient (Wildman–Crippen LogP) is 1.20. The first kappa shape index (κ1) is 5.09. The van der Waals surface area contributed by atoms with Crippen LogP contribution in [-0.2, 0) is 6.42 Å². The minimum atomic E-state index is 0.757. The molecule has 0 saturated carbocycles. The van der Waals surface area contributed by atoms with Crippen molar-refractivity contribution < 1.29 is 4.52 Å². The topological polar surface area (TPSA) is 26.0 Å². The van der Waals surface area contributed by atoms with Gasteiger partial charge in [0.15, 0.2) is 0 Å². The highest BCUT2D eigenvalue weighted by atomic mass is 16.5. The van der Waals surface area contributed by atoms with Crippen LogP contribution in [0, 0.1) is 6.26 Å². The molecule has 2 heteroatoms. The molecule has 8 heavy (non-hydrogen) atoms. The summed E-state index contributed by atoms with van der Waals surface area (Å²) in [5, 5.41) is 3.60. The molecule has 0 aliphatic rings. The van der Waals surface area contributed by atoms with Crippen molar-refractivity contribution in [2.75, 3.05) is 0 Å². The Morgan fingerprint density at radius 1 is 2.00 bits per heavy atom. The second-order valence-corrected chi connectivity index (χ2v) is 1.43. The van der Waals surface area contributed by atoms with E-state index in [0.29, 0.717) is 0 Å². The van der Waals surface area contributed by atoms with Crippen LogP contribution >= 0.6 is 0 Å². The first-order chi connectivity index (χ1) is 3.93. The monoisotopic (exact) mass is 108 g/mol. The van der Waals surface area contributed by atoms with Crippen molar-refractivity contribution in [3.05, 3.63) is 30.7 Å². The minimum absolute atomic E-state index is 0.757. The third kappa shape index (κ3) is 0.964. The average molecular weight is 108 g/mol. The molecule has 0 aliphatic carbocycles. The summed E-state index contributed by atoms with van der Waals surface area (Å²) in [6.07, 6.45) is 5.01. The maximum atomic E-state index is 4.44. The first-order valence-corrected chi connectivity index (χ1v) is 2.36. The fraction of sp³-hybridized carbons (Fsp3) is 0.167. The summed E-state index contributed by atoms with van der Waals surface area (Å²) in [7, 11) is 0. The number of aromatic nitrogens is 1. The van der Waals surface area contributed by atoms with Crippen molar-refractivity contribution in [2.24, 2.45) is 0 Å². The Morgan fingerprint density at radius 3 is 3.38 bits per heavy atom. The third-order valence-corrected chi connectivity index (χ3v) is 0.795. The largest absolute Gasteiger partial charge is 0.353 e. The standard InChI is InChI=1S/C6H6NO/c1-2-3-6-4-5-8-7-6/h2,4H,1,3H2. The van der Waals surface area contributed by atoms with Crippen LogP contribution < -0.4 is 0 Å². The van der Waals surface area contributed by atoms with Crippen LogP contribution in [0.1, 0.15) is 5.69 Å². The fourth-order valence-corrected chi connectivity index (χ4v) is 0.450. The normalized spacial score (nSPS) is 9.00. The highest BCUT2D eigenvalue weighted by molar-refractivity contribution is 4.98. The zero-order valence-corrected chi connectivity index (χ0v) is 4.42. The van der Waals surface area contributed by atoms with Crippen molar-refractivity contribution >= 4 is 0 Å². The van der Waals surface area contributed by atoms with Gasteiger partial charge in [-0.05, 0) is 0 Å². The Kier molecular flexibility index (Phi) is 1.47. The van der Waals surface area contributed by atoms with E-state index in [1.165, 1.54) is 0 Å². The minimum Gasteiger partial charge on any atom is -0.353 e. The van der Waals surface area contributed by atoms with Gasteiger partial charge < -0.3 is 4.52 Å². The molecule has 2 nitrogen and oxygen atoms in total. The Morgan fingerprint density at radius 2 is 2.88 bits per heavy atom. The number of hydrogen-bond acceptors (Lipinski definition) is 2. The van der Waals surface area contributed by atoms with Crippen LogP contribution in [0.25, 0.3) is 0 Å².